The Balaban J connectivity index is 2.10. The second-order valence-corrected chi connectivity index (χ2v) is 6.33. The molecule has 3 nitrogen and oxygen atoms in total. The highest BCUT2D eigenvalue weighted by atomic mass is 32.2. The Labute approximate surface area is 123 Å². The number of hydrogen-bond acceptors (Lipinski definition) is 3. The van der Waals surface area contributed by atoms with E-state index in [0.29, 0.717) is 31.2 Å². The van der Waals surface area contributed by atoms with Crippen LogP contribution in [0.15, 0.2) is 29.2 Å². The molecule has 1 aromatic rings. The third kappa shape index (κ3) is 3.73. The van der Waals surface area contributed by atoms with E-state index in [1.807, 2.05) is 18.7 Å². The second-order valence-electron chi connectivity index (χ2n) is 5.15. The fourth-order valence-corrected chi connectivity index (χ4v) is 3.25. The Hall–Kier alpha value is -1.07. The minimum absolute atomic E-state index is 0.0801. The minimum atomic E-state index is -0.266. The van der Waals surface area contributed by atoms with Crippen molar-refractivity contribution < 1.29 is 13.9 Å². The Kier molecular flexibility index (Phi) is 5.43. The lowest BCUT2D eigenvalue weighted by Crippen LogP contribution is -2.46. The number of thioether (sulfide) groups is 1. The summed E-state index contributed by atoms with van der Waals surface area (Å²) < 4.78 is 19.0. The third-order valence-corrected chi connectivity index (χ3v) is 4.85. The molecule has 0 aromatic heterocycles. The number of morpholine rings is 1. The SMILES string of the molecule is CC(C)C(Sc1ccccc1F)C(=O)N1CCOCC1. The fourth-order valence-electron chi connectivity index (χ4n) is 2.11. The predicted octanol–water partition coefficient (Wildman–Crippen LogP) is 2.80. The van der Waals surface area contributed by atoms with Crippen LogP contribution in [0, 0.1) is 11.7 Å². The molecule has 0 saturated carbocycles. The van der Waals surface area contributed by atoms with E-state index in [4.69, 9.17) is 4.74 Å². The first kappa shape index (κ1) is 15.3. The molecule has 1 aliphatic rings. The molecule has 1 atom stereocenters. The van der Waals surface area contributed by atoms with Crippen LogP contribution in [0.4, 0.5) is 4.39 Å². The van der Waals surface area contributed by atoms with E-state index < -0.39 is 0 Å². The largest absolute Gasteiger partial charge is 0.378 e. The summed E-state index contributed by atoms with van der Waals surface area (Å²) in [5.41, 5.74) is 0. The molecule has 1 amide bonds. The van der Waals surface area contributed by atoms with Crippen molar-refractivity contribution in [3.8, 4) is 0 Å². The molecular weight excluding hydrogens is 277 g/mol. The van der Waals surface area contributed by atoms with Crippen LogP contribution < -0.4 is 0 Å². The molecule has 1 unspecified atom stereocenters. The van der Waals surface area contributed by atoms with Crippen molar-refractivity contribution >= 4 is 17.7 Å². The van der Waals surface area contributed by atoms with Crippen LogP contribution in [0.3, 0.4) is 0 Å². The van der Waals surface area contributed by atoms with Crippen molar-refractivity contribution in [2.75, 3.05) is 26.3 Å². The first-order valence-corrected chi connectivity index (χ1v) is 7.75. The van der Waals surface area contributed by atoms with E-state index in [2.05, 4.69) is 0 Å². The molecule has 0 spiro atoms. The maximum Gasteiger partial charge on any atom is 0.236 e. The number of ether oxygens (including phenoxy) is 1. The van der Waals surface area contributed by atoms with E-state index in [1.165, 1.54) is 17.8 Å². The van der Waals surface area contributed by atoms with Gasteiger partial charge in [0, 0.05) is 18.0 Å². The maximum absolute atomic E-state index is 13.8. The lowest BCUT2D eigenvalue weighted by molar-refractivity contribution is -0.135. The van der Waals surface area contributed by atoms with Gasteiger partial charge < -0.3 is 9.64 Å². The number of benzene rings is 1. The average molecular weight is 297 g/mol. The number of carbonyl (C=O) groups excluding carboxylic acids is 1. The number of rotatable bonds is 4. The van der Waals surface area contributed by atoms with E-state index in [-0.39, 0.29) is 22.9 Å². The highest BCUT2D eigenvalue weighted by Gasteiger charge is 2.29. The normalized spacial score (nSPS) is 17.3. The van der Waals surface area contributed by atoms with Gasteiger partial charge in [0.25, 0.3) is 0 Å². The van der Waals surface area contributed by atoms with E-state index >= 15 is 0 Å². The summed E-state index contributed by atoms with van der Waals surface area (Å²) in [4.78, 5) is 14.9. The summed E-state index contributed by atoms with van der Waals surface area (Å²) >= 11 is 1.32. The van der Waals surface area contributed by atoms with Gasteiger partial charge in [-0.1, -0.05) is 26.0 Å². The average Bonchev–Trinajstić information content (AvgIpc) is 2.46. The van der Waals surface area contributed by atoms with Gasteiger partial charge in [0.05, 0.1) is 18.5 Å². The second kappa shape index (κ2) is 7.09. The van der Waals surface area contributed by atoms with Crippen LogP contribution >= 0.6 is 11.8 Å². The molecular formula is C15H20FNO2S. The van der Waals surface area contributed by atoms with Crippen LogP contribution in [0.5, 0.6) is 0 Å². The maximum atomic E-state index is 13.8. The molecule has 0 aliphatic carbocycles. The van der Waals surface area contributed by atoms with Gasteiger partial charge in [-0.15, -0.1) is 11.8 Å². The highest BCUT2D eigenvalue weighted by molar-refractivity contribution is 8.00. The zero-order valence-corrected chi connectivity index (χ0v) is 12.7. The molecule has 1 aromatic carbocycles. The zero-order chi connectivity index (χ0) is 14.5. The van der Waals surface area contributed by atoms with Crippen molar-refractivity contribution in [1.29, 1.82) is 0 Å². The fraction of sp³-hybridized carbons (Fsp3) is 0.533. The van der Waals surface area contributed by atoms with Crippen LogP contribution in [0.25, 0.3) is 0 Å². The van der Waals surface area contributed by atoms with Gasteiger partial charge >= 0.3 is 0 Å². The summed E-state index contributed by atoms with van der Waals surface area (Å²) in [5, 5.41) is -0.259. The first-order valence-electron chi connectivity index (χ1n) is 6.87. The number of amides is 1. The highest BCUT2D eigenvalue weighted by Crippen LogP contribution is 2.31. The van der Waals surface area contributed by atoms with E-state index in [1.54, 1.807) is 18.2 Å². The Morgan fingerprint density at radius 1 is 1.30 bits per heavy atom. The van der Waals surface area contributed by atoms with Crippen molar-refractivity contribution in [2.24, 2.45) is 5.92 Å². The van der Waals surface area contributed by atoms with Crippen molar-refractivity contribution in [2.45, 2.75) is 24.0 Å². The number of nitrogens with zero attached hydrogens (tertiary/aromatic N) is 1. The molecule has 0 radical (unpaired) electrons. The minimum Gasteiger partial charge on any atom is -0.378 e. The number of carbonyl (C=O) groups is 1. The quantitative estimate of drug-likeness (QED) is 0.800. The standard InChI is InChI=1S/C15H20FNO2S/c1-11(2)14(15(18)17-7-9-19-10-8-17)20-13-6-4-3-5-12(13)16/h3-6,11,14H,7-10H2,1-2H3. The Morgan fingerprint density at radius 2 is 1.95 bits per heavy atom. The van der Waals surface area contributed by atoms with Crippen molar-refractivity contribution in [1.82, 2.24) is 4.90 Å². The van der Waals surface area contributed by atoms with Gasteiger partial charge in [0.2, 0.25) is 5.91 Å². The van der Waals surface area contributed by atoms with Gasteiger partial charge in [-0.3, -0.25) is 4.79 Å². The van der Waals surface area contributed by atoms with Gasteiger partial charge in [-0.05, 0) is 18.1 Å². The molecule has 1 aliphatic heterocycles. The van der Waals surface area contributed by atoms with Crippen LogP contribution in [0.1, 0.15) is 13.8 Å². The lowest BCUT2D eigenvalue weighted by atomic mass is 10.1. The van der Waals surface area contributed by atoms with E-state index in [9.17, 15) is 9.18 Å². The van der Waals surface area contributed by atoms with E-state index in [0.717, 1.165) is 0 Å². The summed E-state index contributed by atoms with van der Waals surface area (Å²) in [6.45, 7) is 6.41. The molecule has 0 bridgehead atoms. The number of hydrogen-bond donors (Lipinski definition) is 0. The predicted molar refractivity (Wildman–Crippen MR) is 78.3 cm³/mol. The lowest BCUT2D eigenvalue weighted by Gasteiger charge is -2.31. The smallest absolute Gasteiger partial charge is 0.236 e. The van der Waals surface area contributed by atoms with Gasteiger partial charge in [0.1, 0.15) is 5.82 Å². The first-order chi connectivity index (χ1) is 9.59. The molecule has 110 valence electrons. The number of halogens is 1. The summed E-state index contributed by atoms with van der Waals surface area (Å²) in [7, 11) is 0. The Morgan fingerprint density at radius 3 is 2.55 bits per heavy atom. The molecule has 1 heterocycles. The van der Waals surface area contributed by atoms with Gasteiger partial charge in [-0.25, -0.2) is 4.39 Å². The van der Waals surface area contributed by atoms with Gasteiger partial charge in [-0.2, -0.15) is 0 Å². The van der Waals surface area contributed by atoms with Crippen molar-refractivity contribution in [3.05, 3.63) is 30.1 Å². The molecule has 1 fully saturated rings. The molecule has 1 saturated heterocycles. The topological polar surface area (TPSA) is 29.5 Å². The van der Waals surface area contributed by atoms with Crippen LogP contribution in [-0.2, 0) is 9.53 Å². The summed E-state index contributed by atoms with van der Waals surface area (Å²) in [6, 6.07) is 6.61. The monoisotopic (exact) mass is 297 g/mol. The summed E-state index contributed by atoms with van der Waals surface area (Å²) in [6.07, 6.45) is 0. The van der Waals surface area contributed by atoms with Crippen molar-refractivity contribution in [3.63, 3.8) is 0 Å². The third-order valence-electron chi connectivity index (χ3n) is 3.26. The van der Waals surface area contributed by atoms with Crippen LogP contribution in [-0.4, -0.2) is 42.4 Å². The molecule has 0 N–H and O–H groups in total. The van der Waals surface area contributed by atoms with Crippen LogP contribution in [0.2, 0.25) is 0 Å². The molecule has 5 heteroatoms. The zero-order valence-electron chi connectivity index (χ0n) is 11.8. The Bertz CT molecular complexity index is 461. The van der Waals surface area contributed by atoms with Gasteiger partial charge in [0.15, 0.2) is 0 Å². The molecule has 20 heavy (non-hydrogen) atoms. The molecule has 2 rings (SSSR count). The summed E-state index contributed by atoms with van der Waals surface area (Å²) in [5.74, 6) is -0.0376.